The Labute approximate surface area is 168 Å². The van der Waals surface area contributed by atoms with Gasteiger partial charge in [0.25, 0.3) is 0 Å². The number of anilines is 1. The van der Waals surface area contributed by atoms with Gasteiger partial charge in [0.2, 0.25) is 5.91 Å². The number of nitrogens with zero attached hydrogens (tertiary/aromatic N) is 1. The molecule has 0 saturated heterocycles. The van der Waals surface area contributed by atoms with E-state index in [-0.39, 0.29) is 6.04 Å². The SMILES string of the molecule is CC(NC(=S)Nc1ccc(C(N)=O)cc1)c1ccc(Oc2cccnc2)cc1. The number of amides is 1. The maximum Gasteiger partial charge on any atom is 0.248 e. The van der Waals surface area contributed by atoms with Crippen LogP contribution in [0.4, 0.5) is 5.69 Å². The van der Waals surface area contributed by atoms with Crippen molar-refractivity contribution in [3.8, 4) is 11.5 Å². The van der Waals surface area contributed by atoms with Crippen LogP contribution in [0.5, 0.6) is 11.5 Å². The van der Waals surface area contributed by atoms with Crippen LogP contribution >= 0.6 is 12.2 Å². The lowest BCUT2D eigenvalue weighted by Gasteiger charge is -2.18. The number of aromatic nitrogens is 1. The van der Waals surface area contributed by atoms with Crippen molar-refractivity contribution in [2.75, 3.05) is 5.32 Å². The van der Waals surface area contributed by atoms with E-state index in [1.807, 2.05) is 43.3 Å². The third kappa shape index (κ3) is 5.28. The zero-order chi connectivity index (χ0) is 19.9. The quantitative estimate of drug-likeness (QED) is 0.549. The first-order chi connectivity index (χ1) is 13.5. The maximum atomic E-state index is 11.1. The minimum absolute atomic E-state index is 0.00247. The van der Waals surface area contributed by atoms with Crippen LogP contribution in [0.15, 0.2) is 73.1 Å². The number of primary amides is 1. The van der Waals surface area contributed by atoms with Crippen molar-refractivity contribution in [1.82, 2.24) is 10.3 Å². The van der Waals surface area contributed by atoms with Crippen LogP contribution in [-0.4, -0.2) is 16.0 Å². The van der Waals surface area contributed by atoms with Gasteiger partial charge in [-0.15, -0.1) is 0 Å². The maximum absolute atomic E-state index is 11.1. The monoisotopic (exact) mass is 392 g/mol. The van der Waals surface area contributed by atoms with Crippen molar-refractivity contribution in [1.29, 1.82) is 0 Å². The third-order valence-electron chi connectivity index (χ3n) is 4.03. The van der Waals surface area contributed by atoms with Crippen LogP contribution in [0.1, 0.15) is 28.9 Å². The summed E-state index contributed by atoms with van der Waals surface area (Å²) in [6, 6.07) is 18.2. The second-order valence-corrected chi connectivity index (χ2v) is 6.53. The third-order valence-corrected chi connectivity index (χ3v) is 4.25. The van der Waals surface area contributed by atoms with Crippen molar-refractivity contribution < 1.29 is 9.53 Å². The van der Waals surface area contributed by atoms with E-state index in [1.54, 1.807) is 36.7 Å². The van der Waals surface area contributed by atoms with Gasteiger partial charge < -0.3 is 21.1 Å². The van der Waals surface area contributed by atoms with E-state index in [2.05, 4.69) is 15.6 Å². The largest absolute Gasteiger partial charge is 0.456 e. The average molecular weight is 392 g/mol. The molecule has 1 aromatic heterocycles. The first kappa shape index (κ1) is 19.3. The van der Waals surface area contributed by atoms with E-state index in [4.69, 9.17) is 22.7 Å². The molecule has 4 N–H and O–H groups in total. The fourth-order valence-corrected chi connectivity index (χ4v) is 2.83. The van der Waals surface area contributed by atoms with E-state index >= 15 is 0 Å². The molecule has 0 aliphatic rings. The molecule has 0 saturated carbocycles. The highest BCUT2D eigenvalue weighted by Gasteiger charge is 2.08. The fourth-order valence-electron chi connectivity index (χ4n) is 2.53. The summed E-state index contributed by atoms with van der Waals surface area (Å²) >= 11 is 5.36. The highest BCUT2D eigenvalue weighted by Crippen LogP contribution is 2.22. The van der Waals surface area contributed by atoms with Gasteiger partial charge in [-0.05, 0) is 73.2 Å². The first-order valence-electron chi connectivity index (χ1n) is 8.66. The Balaban J connectivity index is 1.55. The number of nitrogens with two attached hydrogens (primary N) is 1. The molecule has 0 aliphatic carbocycles. The normalized spacial score (nSPS) is 11.3. The zero-order valence-corrected chi connectivity index (χ0v) is 16.1. The molecule has 1 unspecified atom stereocenters. The Morgan fingerprint density at radius 2 is 1.79 bits per heavy atom. The number of rotatable bonds is 6. The number of carbonyl (C=O) groups excluding carboxylic acids is 1. The van der Waals surface area contributed by atoms with E-state index in [0.717, 1.165) is 17.0 Å². The number of benzene rings is 2. The molecule has 7 heteroatoms. The van der Waals surface area contributed by atoms with Gasteiger partial charge in [-0.2, -0.15) is 0 Å². The molecule has 6 nitrogen and oxygen atoms in total. The highest BCUT2D eigenvalue weighted by molar-refractivity contribution is 7.80. The molecule has 1 amide bonds. The first-order valence-corrected chi connectivity index (χ1v) is 9.07. The molecular weight excluding hydrogens is 372 g/mol. The number of hydrogen-bond donors (Lipinski definition) is 3. The Morgan fingerprint density at radius 3 is 2.39 bits per heavy atom. The predicted octanol–water partition coefficient (Wildman–Crippen LogP) is 4.02. The Hall–Kier alpha value is -3.45. The number of thiocarbonyl (C=S) groups is 1. The van der Waals surface area contributed by atoms with E-state index < -0.39 is 5.91 Å². The average Bonchev–Trinajstić information content (AvgIpc) is 2.69. The molecule has 3 aromatic rings. The van der Waals surface area contributed by atoms with Gasteiger partial charge in [0.15, 0.2) is 5.11 Å². The summed E-state index contributed by atoms with van der Waals surface area (Å²) in [7, 11) is 0. The molecule has 0 fully saturated rings. The van der Waals surface area contributed by atoms with Crippen LogP contribution in [0.3, 0.4) is 0 Å². The fraction of sp³-hybridized carbons (Fsp3) is 0.0952. The Morgan fingerprint density at radius 1 is 1.07 bits per heavy atom. The predicted molar refractivity (Wildman–Crippen MR) is 113 cm³/mol. The van der Waals surface area contributed by atoms with Crippen molar-refractivity contribution in [3.63, 3.8) is 0 Å². The minimum atomic E-state index is -0.461. The van der Waals surface area contributed by atoms with Crippen LogP contribution in [-0.2, 0) is 0 Å². The van der Waals surface area contributed by atoms with E-state index in [0.29, 0.717) is 16.4 Å². The molecule has 3 rings (SSSR count). The number of ether oxygens (including phenoxy) is 1. The molecule has 28 heavy (non-hydrogen) atoms. The number of hydrogen-bond acceptors (Lipinski definition) is 4. The molecule has 0 aliphatic heterocycles. The summed E-state index contributed by atoms with van der Waals surface area (Å²) in [5.74, 6) is 0.963. The van der Waals surface area contributed by atoms with Crippen LogP contribution in [0.25, 0.3) is 0 Å². The molecule has 0 bridgehead atoms. The molecule has 2 aromatic carbocycles. The smallest absolute Gasteiger partial charge is 0.248 e. The van der Waals surface area contributed by atoms with Crippen LogP contribution in [0.2, 0.25) is 0 Å². The van der Waals surface area contributed by atoms with Gasteiger partial charge in [-0.25, -0.2) is 0 Å². The van der Waals surface area contributed by atoms with Gasteiger partial charge in [0.1, 0.15) is 11.5 Å². The van der Waals surface area contributed by atoms with Gasteiger partial charge in [0, 0.05) is 17.4 Å². The van der Waals surface area contributed by atoms with Crippen LogP contribution in [0, 0.1) is 0 Å². The van der Waals surface area contributed by atoms with Gasteiger partial charge in [-0.3, -0.25) is 9.78 Å². The molecule has 0 radical (unpaired) electrons. The summed E-state index contributed by atoms with van der Waals surface area (Å²) in [6.07, 6.45) is 3.37. The number of carbonyl (C=O) groups is 1. The summed E-state index contributed by atoms with van der Waals surface area (Å²) in [4.78, 5) is 15.1. The summed E-state index contributed by atoms with van der Waals surface area (Å²) in [5.41, 5.74) is 7.52. The number of nitrogens with one attached hydrogen (secondary N) is 2. The minimum Gasteiger partial charge on any atom is -0.456 e. The second-order valence-electron chi connectivity index (χ2n) is 6.12. The molecule has 1 heterocycles. The Kier molecular flexibility index (Phi) is 6.18. The standard InChI is InChI=1S/C21H20N4O2S/c1-14(24-21(28)25-17-8-4-16(5-9-17)20(22)26)15-6-10-18(11-7-15)27-19-3-2-12-23-13-19/h2-14H,1H3,(H2,22,26)(H2,24,25,28). The highest BCUT2D eigenvalue weighted by atomic mass is 32.1. The van der Waals surface area contributed by atoms with Crippen molar-refractivity contribution in [2.24, 2.45) is 5.73 Å². The van der Waals surface area contributed by atoms with Crippen molar-refractivity contribution in [3.05, 3.63) is 84.2 Å². The molecule has 1 atom stereocenters. The summed E-state index contributed by atoms with van der Waals surface area (Å²) in [5, 5.41) is 6.80. The van der Waals surface area contributed by atoms with Crippen LogP contribution < -0.4 is 21.1 Å². The lowest BCUT2D eigenvalue weighted by molar-refractivity contribution is 0.100. The van der Waals surface area contributed by atoms with Crippen molar-refractivity contribution in [2.45, 2.75) is 13.0 Å². The molecular formula is C21H20N4O2S. The summed E-state index contributed by atoms with van der Waals surface area (Å²) in [6.45, 7) is 2.02. The van der Waals surface area contributed by atoms with E-state index in [1.165, 1.54) is 0 Å². The van der Waals surface area contributed by atoms with Gasteiger partial charge in [0.05, 0.1) is 12.2 Å². The summed E-state index contributed by atoms with van der Waals surface area (Å²) < 4.78 is 5.75. The zero-order valence-electron chi connectivity index (χ0n) is 15.3. The van der Waals surface area contributed by atoms with Crippen molar-refractivity contribution >= 4 is 28.9 Å². The number of pyridine rings is 1. The molecule has 0 spiro atoms. The Bertz CT molecular complexity index is 944. The molecule has 142 valence electrons. The lowest BCUT2D eigenvalue weighted by Crippen LogP contribution is -2.30. The second kappa shape index (κ2) is 8.96. The van der Waals surface area contributed by atoms with E-state index in [9.17, 15) is 4.79 Å². The lowest BCUT2D eigenvalue weighted by atomic mass is 10.1. The van der Waals surface area contributed by atoms with Gasteiger partial charge >= 0.3 is 0 Å². The van der Waals surface area contributed by atoms with Gasteiger partial charge in [-0.1, -0.05) is 12.1 Å². The topological polar surface area (TPSA) is 89.3 Å².